The van der Waals surface area contributed by atoms with Crippen molar-refractivity contribution in [3.05, 3.63) is 59.2 Å². The highest BCUT2D eigenvalue weighted by atomic mass is 32.1. The van der Waals surface area contributed by atoms with Crippen LogP contribution >= 0.6 is 11.3 Å². The fourth-order valence-electron chi connectivity index (χ4n) is 6.10. The molecule has 5 atom stereocenters. The van der Waals surface area contributed by atoms with Crippen molar-refractivity contribution < 1.29 is 29.1 Å². The molecule has 13 nitrogen and oxygen atoms in total. The average Bonchev–Trinajstić information content (AvgIpc) is 3.63. The lowest BCUT2D eigenvalue weighted by atomic mass is 9.97. The molecule has 14 heteroatoms. The number of anilines is 1. The van der Waals surface area contributed by atoms with E-state index in [0.29, 0.717) is 22.6 Å². The lowest BCUT2D eigenvalue weighted by molar-refractivity contribution is -0.143. The molecule has 2 saturated heterocycles. The van der Waals surface area contributed by atoms with Gasteiger partial charge in [0.05, 0.1) is 22.9 Å². The highest BCUT2D eigenvalue weighted by molar-refractivity contribution is 7.22. The molecular weight excluding hydrogens is 622 g/mol. The van der Waals surface area contributed by atoms with Gasteiger partial charge < -0.3 is 36.6 Å². The molecule has 1 aromatic heterocycles. The van der Waals surface area contributed by atoms with Crippen LogP contribution in [0, 0.1) is 12.8 Å². The van der Waals surface area contributed by atoms with E-state index in [4.69, 9.17) is 5.73 Å². The zero-order valence-corrected chi connectivity index (χ0v) is 27.5. The van der Waals surface area contributed by atoms with Crippen LogP contribution in [-0.4, -0.2) is 99.8 Å². The predicted molar refractivity (Wildman–Crippen MR) is 177 cm³/mol. The van der Waals surface area contributed by atoms with Crippen molar-refractivity contribution in [2.75, 3.05) is 31.9 Å². The van der Waals surface area contributed by atoms with Gasteiger partial charge in [-0.1, -0.05) is 61.9 Å². The van der Waals surface area contributed by atoms with E-state index in [9.17, 15) is 29.1 Å². The number of aromatic nitrogens is 1. The van der Waals surface area contributed by atoms with Gasteiger partial charge in [0, 0.05) is 38.0 Å². The summed E-state index contributed by atoms with van der Waals surface area (Å²) < 4.78 is 0.728. The number of aliphatic hydroxyl groups excluding tert-OH is 1. The number of carbonyl (C=O) groups excluding carboxylic acids is 5. The molecule has 2 aliphatic heterocycles. The Morgan fingerprint density at radius 3 is 2.60 bits per heavy atom. The van der Waals surface area contributed by atoms with Crippen molar-refractivity contribution in [1.82, 2.24) is 30.7 Å². The van der Waals surface area contributed by atoms with Crippen LogP contribution in [0.25, 0.3) is 10.2 Å². The standard InChI is InChI=1S/C33H41N7O6S/c1-4-18(2)28-32(46)40-16-22(41)15-24(40)30(44)36-23(13-20-8-6-5-7-9-20)29(43)35-10-11-39(17-26(42)37-28)31(45)21-12-19(3)27-25(14-21)47-33(34)38-27/h5-9,12,14,18,22-24,28,41H,4,10-11,13,15-17H2,1-3H3,(H2,34,38)(H,35,43)(H,36,44)(H,37,42)/t18-,22+,23-,24-,28-/m0/s1. The summed E-state index contributed by atoms with van der Waals surface area (Å²) in [6.45, 7) is 5.03. The van der Waals surface area contributed by atoms with Gasteiger partial charge in [-0.05, 0) is 36.1 Å². The summed E-state index contributed by atoms with van der Waals surface area (Å²) >= 11 is 1.25. The van der Waals surface area contributed by atoms with Gasteiger partial charge in [-0.3, -0.25) is 24.0 Å². The number of nitrogens with one attached hydrogen (secondary N) is 3. The van der Waals surface area contributed by atoms with Crippen LogP contribution in [0.4, 0.5) is 5.13 Å². The maximum absolute atomic E-state index is 14.0. The second-order valence-corrected chi connectivity index (χ2v) is 13.3. The van der Waals surface area contributed by atoms with Crippen LogP contribution in [0.1, 0.15) is 48.2 Å². The normalized spacial score (nSPS) is 23.7. The Labute approximate surface area is 276 Å². The van der Waals surface area contributed by atoms with E-state index in [1.165, 1.54) is 21.1 Å². The highest BCUT2D eigenvalue weighted by Gasteiger charge is 2.43. The Bertz CT molecular complexity index is 1660. The van der Waals surface area contributed by atoms with E-state index in [1.807, 2.05) is 51.1 Å². The maximum atomic E-state index is 14.0. The van der Waals surface area contributed by atoms with Crippen LogP contribution in [0.2, 0.25) is 0 Å². The fraction of sp³-hybridized carbons (Fsp3) is 0.455. The van der Waals surface area contributed by atoms with Crippen LogP contribution in [-0.2, 0) is 25.6 Å². The first kappa shape index (κ1) is 33.8. The number of nitrogens with two attached hydrogens (primary N) is 1. The monoisotopic (exact) mass is 663 g/mol. The van der Waals surface area contributed by atoms with Crippen molar-refractivity contribution in [1.29, 1.82) is 0 Å². The average molecular weight is 664 g/mol. The van der Waals surface area contributed by atoms with Crippen LogP contribution < -0.4 is 21.7 Å². The van der Waals surface area contributed by atoms with E-state index in [-0.39, 0.29) is 44.9 Å². The lowest BCUT2D eigenvalue weighted by Crippen LogP contribution is -2.58. The molecule has 5 rings (SSSR count). The number of benzene rings is 2. The number of thiazole rings is 1. The van der Waals surface area contributed by atoms with Crippen molar-refractivity contribution in [3.8, 4) is 0 Å². The van der Waals surface area contributed by atoms with E-state index in [1.54, 1.807) is 12.1 Å². The second-order valence-electron chi connectivity index (χ2n) is 12.3. The van der Waals surface area contributed by atoms with Crippen molar-refractivity contribution in [3.63, 3.8) is 0 Å². The molecule has 0 spiro atoms. The van der Waals surface area contributed by atoms with Gasteiger partial charge in [0.1, 0.15) is 18.1 Å². The third-order valence-corrected chi connectivity index (χ3v) is 9.66. The molecular formula is C33H41N7O6S. The van der Waals surface area contributed by atoms with Gasteiger partial charge in [-0.15, -0.1) is 0 Å². The molecule has 0 radical (unpaired) electrons. The molecule has 3 heterocycles. The number of nitrogens with zero attached hydrogens (tertiary/aromatic N) is 3. The van der Waals surface area contributed by atoms with Crippen LogP contribution in [0.15, 0.2) is 42.5 Å². The summed E-state index contributed by atoms with van der Waals surface area (Å²) in [5, 5.41) is 19.4. The zero-order chi connectivity index (χ0) is 33.8. The molecule has 2 fully saturated rings. The highest BCUT2D eigenvalue weighted by Crippen LogP contribution is 2.28. The molecule has 0 unspecified atom stereocenters. The minimum absolute atomic E-state index is 0.00410. The third kappa shape index (κ3) is 7.71. The maximum Gasteiger partial charge on any atom is 0.254 e. The van der Waals surface area contributed by atoms with Gasteiger partial charge in [-0.2, -0.15) is 0 Å². The molecule has 0 aliphatic carbocycles. The molecule has 47 heavy (non-hydrogen) atoms. The second kappa shape index (κ2) is 14.5. The zero-order valence-electron chi connectivity index (χ0n) is 26.7. The number of rotatable bonds is 5. The topological polar surface area (TPSA) is 187 Å². The Morgan fingerprint density at radius 1 is 1.13 bits per heavy atom. The first-order valence-corrected chi connectivity index (χ1v) is 16.6. The van der Waals surface area contributed by atoms with Crippen molar-refractivity contribution in [2.45, 2.75) is 64.3 Å². The largest absolute Gasteiger partial charge is 0.391 e. The van der Waals surface area contributed by atoms with E-state index in [2.05, 4.69) is 20.9 Å². The Hall–Kier alpha value is -4.56. The van der Waals surface area contributed by atoms with E-state index >= 15 is 0 Å². The number of nitrogen functional groups attached to an aromatic ring is 1. The molecule has 250 valence electrons. The summed E-state index contributed by atoms with van der Waals surface area (Å²) in [5.74, 6) is -2.89. The van der Waals surface area contributed by atoms with Gasteiger partial charge >= 0.3 is 0 Å². The number of hydrogen-bond donors (Lipinski definition) is 5. The van der Waals surface area contributed by atoms with Crippen molar-refractivity contribution in [2.24, 2.45) is 5.92 Å². The number of carbonyl (C=O) groups is 5. The molecule has 5 amide bonds. The van der Waals surface area contributed by atoms with Gasteiger partial charge in [0.2, 0.25) is 23.6 Å². The Kier molecular flexibility index (Phi) is 10.4. The quantitative estimate of drug-likeness (QED) is 0.267. The molecule has 2 aromatic carbocycles. The number of aliphatic hydroxyl groups is 1. The minimum Gasteiger partial charge on any atom is -0.391 e. The smallest absolute Gasteiger partial charge is 0.254 e. The summed E-state index contributed by atoms with van der Waals surface area (Å²) in [7, 11) is 0. The first-order valence-electron chi connectivity index (χ1n) is 15.8. The molecule has 0 bridgehead atoms. The number of fused-ring (bicyclic) bond motifs is 2. The van der Waals surface area contributed by atoms with Crippen molar-refractivity contribution >= 4 is 56.2 Å². The summed E-state index contributed by atoms with van der Waals surface area (Å²) in [6.07, 6.45) is -0.236. The van der Waals surface area contributed by atoms with Gasteiger partial charge in [-0.25, -0.2) is 4.98 Å². The molecule has 0 saturated carbocycles. The number of hydrogen-bond acceptors (Lipinski definition) is 9. The van der Waals surface area contributed by atoms with Crippen LogP contribution in [0.5, 0.6) is 0 Å². The third-order valence-electron chi connectivity index (χ3n) is 8.83. The van der Waals surface area contributed by atoms with Crippen LogP contribution in [0.3, 0.4) is 0 Å². The van der Waals surface area contributed by atoms with Gasteiger partial charge in [0.15, 0.2) is 5.13 Å². The Morgan fingerprint density at radius 2 is 1.87 bits per heavy atom. The van der Waals surface area contributed by atoms with Gasteiger partial charge in [0.25, 0.3) is 5.91 Å². The first-order chi connectivity index (χ1) is 22.4. The summed E-state index contributed by atoms with van der Waals surface area (Å²) in [4.78, 5) is 75.6. The summed E-state index contributed by atoms with van der Waals surface area (Å²) in [6, 6.07) is 9.52. The predicted octanol–water partition coefficient (Wildman–Crippen LogP) is 0.979. The minimum atomic E-state index is -1.03. The number of amides is 5. The Balaban J connectivity index is 1.48. The fourth-order valence-corrected chi connectivity index (χ4v) is 6.95. The van der Waals surface area contributed by atoms with E-state index in [0.717, 1.165) is 15.8 Å². The molecule has 6 N–H and O–H groups in total. The lowest BCUT2D eigenvalue weighted by Gasteiger charge is -2.32. The summed E-state index contributed by atoms with van der Waals surface area (Å²) in [5.41, 5.74) is 8.49. The number of aryl methyl sites for hydroxylation is 1. The molecule has 3 aromatic rings. The van der Waals surface area contributed by atoms with E-state index < -0.39 is 53.8 Å². The SMILES string of the molecule is CC[C@H](C)[C@@H]1NC(=O)CN(C(=O)c2cc(C)c3nc(N)sc3c2)CCNC(=O)[C@H](Cc2ccccc2)NC(=O)[C@@H]2C[C@@H](O)CN2C1=O. The molecule has 2 aliphatic rings.